The van der Waals surface area contributed by atoms with Crippen LogP contribution in [0.25, 0.3) is 0 Å². The van der Waals surface area contributed by atoms with Crippen molar-refractivity contribution in [1.82, 2.24) is 0 Å². The van der Waals surface area contributed by atoms with Gasteiger partial charge in [0, 0.05) is 6.07 Å². The standard InChI is InChI=1S/C6H5N2O2/c7-5-3-1-2-4-6(5)8(9)10/h1,3-4H,7H2. The smallest absolute Gasteiger partial charge is 0.292 e. The highest BCUT2D eigenvalue weighted by molar-refractivity contribution is 5.56. The molecule has 0 bridgehead atoms. The number of hydrogen-bond donors (Lipinski definition) is 1. The fourth-order valence-corrected chi connectivity index (χ4v) is 0.592. The van der Waals surface area contributed by atoms with Crippen LogP contribution < -0.4 is 5.73 Å². The Morgan fingerprint density at radius 3 is 2.80 bits per heavy atom. The van der Waals surface area contributed by atoms with Gasteiger partial charge in [-0.25, -0.2) is 0 Å². The van der Waals surface area contributed by atoms with Gasteiger partial charge < -0.3 is 5.73 Å². The third kappa shape index (κ3) is 1.05. The van der Waals surface area contributed by atoms with Crippen molar-refractivity contribution in [2.45, 2.75) is 0 Å². The van der Waals surface area contributed by atoms with Crippen LogP contribution in [0.3, 0.4) is 0 Å². The monoisotopic (exact) mass is 137 g/mol. The molecular formula is C6H5N2O2. The highest BCUT2D eigenvalue weighted by Gasteiger charge is 2.07. The summed E-state index contributed by atoms with van der Waals surface area (Å²) in [6, 6.07) is 6.78. The minimum atomic E-state index is -0.536. The van der Waals surface area contributed by atoms with Crippen molar-refractivity contribution < 1.29 is 4.92 Å². The summed E-state index contributed by atoms with van der Waals surface area (Å²) >= 11 is 0. The molecule has 0 aromatic heterocycles. The van der Waals surface area contributed by atoms with E-state index in [1.165, 1.54) is 18.2 Å². The first-order valence-corrected chi connectivity index (χ1v) is 2.62. The summed E-state index contributed by atoms with van der Waals surface area (Å²) in [5.41, 5.74) is 5.34. The van der Waals surface area contributed by atoms with Gasteiger partial charge in [0.15, 0.2) is 0 Å². The van der Waals surface area contributed by atoms with Gasteiger partial charge in [-0.2, -0.15) is 0 Å². The molecule has 0 heterocycles. The van der Waals surface area contributed by atoms with Gasteiger partial charge in [0.05, 0.1) is 4.92 Å². The second-order valence-corrected chi connectivity index (χ2v) is 1.74. The second-order valence-electron chi connectivity index (χ2n) is 1.74. The van der Waals surface area contributed by atoms with Crippen LogP contribution in [0.5, 0.6) is 0 Å². The van der Waals surface area contributed by atoms with Crippen molar-refractivity contribution in [3.8, 4) is 0 Å². The lowest BCUT2D eigenvalue weighted by molar-refractivity contribution is -0.383. The van der Waals surface area contributed by atoms with Gasteiger partial charge in [-0.15, -0.1) is 0 Å². The number of nitrogens with zero attached hydrogens (tertiary/aromatic N) is 1. The quantitative estimate of drug-likeness (QED) is 0.356. The predicted molar refractivity (Wildman–Crippen MR) is 36.3 cm³/mol. The maximum Gasteiger partial charge on any atom is 0.292 e. The normalized spacial score (nSPS) is 9.20. The molecule has 0 spiro atoms. The Morgan fingerprint density at radius 2 is 2.40 bits per heavy atom. The maximum absolute atomic E-state index is 10.1. The molecule has 0 aliphatic rings. The highest BCUT2D eigenvalue weighted by Crippen LogP contribution is 2.18. The van der Waals surface area contributed by atoms with Gasteiger partial charge >= 0.3 is 0 Å². The molecule has 1 radical (unpaired) electrons. The summed E-state index contributed by atoms with van der Waals surface area (Å²) in [6.07, 6.45) is 0. The van der Waals surface area contributed by atoms with E-state index in [2.05, 4.69) is 6.07 Å². The molecule has 0 aliphatic heterocycles. The van der Waals surface area contributed by atoms with E-state index in [1.54, 1.807) is 0 Å². The van der Waals surface area contributed by atoms with Crippen molar-refractivity contribution >= 4 is 11.4 Å². The van der Waals surface area contributed by atoms with Crippen LogP contribution in [0.4, 0.5) is 11.4 Å². The Hall–Kier alpha value is -1.58. The zero-order chi connectivity index (χ0) is 7.56. The molecule has 4 heteroatoms. The third-order valence-electron chi connectivity index (χ3n) is 1.07. The lowest BCUT2D eigenvalue weighted by atomic mass is 10.3. The second kappa shape index (κ2) is 2.34. The fraction of sp³-hybridized carbons (Fsp3) is 0. The molecule has 0 fully saturated rings. The lowest BCUT2D eigenvalue weighted by Crippen LogP contribution is -1.93. The average molecular weight is 137 g/mol. The third-order valence-corrected chi connectivity index (χ3v) is 1.07. The predicted octanol–water partition coefficient (Wildman–Crippen LogP) is 0.977. The number of nitro groups is 1. The average Bonchev–Trinajstić information content (AvgIpc) is 1.88. The van der Waals surface area contributed by atoms with Crippen LogP contribution in [0.1, 0.15) is 0 Å². The van der Waals surface area contributed by atoms with Gasteiger partial charge in [-0.05, 0) is 12.1 Å². The van der Waals surface area contributed by atoms with Crippen LogP contribution in [-0.4, -0.2) is 4.92 Å². The minimum absolute atomic E-state index is 0.0949. The molecule has 4 nitrogen and oxygen atoms in total. The zero-order valence-corrected chi connectivity index (χ0v) is 5.07. The van der Waals surface area contributed by atoms with Gasteiger partial charge in [0.2, 0.25) is 0 Å². The van der Waals surface area contributed by atoms with E-state index in [4.69, 9.17) is 5.73 Å². The molecule has 1 rings (SSSR count). The van der Waals surface area contributed by atoms with Gasteiger partial charge in [-0.1, -0.05) is 6.07 Å². The SMILES string of the molecule is Nc1cc[c]cc1[N+](=O)[O-]. The highest BCUT2D eigenvalue weighted by atomic mass is 16.6. The maximum atomic E-state index is 10.1. The van der Waals surface area contributed by atoms with Crippen molar-refractivity contribution in [2.75, 3.05) is 5.73 Å². The molecule has 1 aromatic rings. The first-order valence-electron chi connectivity index (χ1n) is 2.62. The number of benzene rings is 1. The number of hydrogen-bond acceptors (Lipinski definition) is 3. The molecule has 51 valence electrons. The molecule has 0 saturated carbocycles. The lowest BCUT2D eigenvalue weighted by Gasteiger charge is -1.92. The number of rotatable bonds is 1. The van der Waals surface area contributed by atoms with Crippen molar-refractivity contribution in [3.63, 3.8) is 0 Å². The number of nitrogen functional groups attached to an aromatic ring is 1. The Morgan fingerprint density at radius 1 is 1.70 bits per heavy atom. The van der Waals surface area contributed by atoms with E-state index in [9.17, 15) is 10.1 Å². The Labute approximate surface area is 57.4 Å². The van der Waals surface area contributed by atoms with Crippen LogP contribution in [0, 0.1) is 16.2 Å². The summed E-state index contributed by atoms with van der Waals surface area (Å²) < 4.78 is 0. The molecule has 2 N–H and O–H groups in total. The summed E-state index contributed by atoms with van der Waals surface area (Å²) in [5.74, 6) is 0. The first-order chi connectivity index (χ1) is 4.72. The van der Waals surface area contributed by atoms with Gasteiger partial charge in [-0.3, -0.25) is 10.1 Å². The molecule has 0 saturated heterocycles. The number of nitro benzene ring substituents is 1. The van der Waals surface area contributed by atoms with E-state index >= 15 is 0 Å². The van der Waals surface area contributed by atoms with E-state index < -0.39 is 4.92 Å². The molecular weight excluding hydrogens is 132 g/mol. The fourth-order valence-electron chi connectivity index (χ4n) is 0.592. The summed E-state index contributed by atoms with van der Waals surface area (Å²) in [4.78, 5) is 9.59. The molecule has 0 amide bonds. The van der Waals surface area contributed by atoms with Crippen LogP contribution in [0.2, 0.25) is 0 Å². The number of nitrogens with two attached hydrogens (primary N) is 1. The van der Waals surface area contributed by atoms with Crippen molar-refractivity contribution in [1.29, 1.82) is 0 Å². The van der Waals surface area contributed by atoms with E-state index in [1.807, 2.05) is 0 Å². The van der Waals surface area contributed by atoms with Crippen LogP contribution in [0.15, 0.2) is 18.2 Å². The minimum Gasteiger partial charge on any atom is -0.393 e. The van der Waals surface area contributed by atoms with Crippen LogP contribution >= 0.6 is 0 Å². The van der Waals surface area contributed by atoms with Gasteiger partial charge in [0.1, 0.15) is 5.69 Å². The van der Waals surface area contributed by atoms with Crippen LogP contribution in [-0.2, 0) is 0 Å². The first kappa shape index (κ1) is 6.54. The van der Waals surface area contributed by atoms with E-state index in [-0.39, 0.29) is 11.4 Å². The summed E-state index contributed by atoms with van der Waals surface area (Å²) in [7, 11) is 0. The summed E-state index contributed by atoms with van der Waals surface area (Å²) in [6.45, 7) is 0. The topological polar surface area (TPSA) is 69.2 Å². The summed E-state index contributed by atoms with van der Waals surface area (Å²) in [5, 5.41) is 10.1. The molecule has 0 atom stereocenters. The molecule has 0 unspecified atom stereocenters. The Kier molecular flexibility index (Phi) is 1.53. The molecule has 1 aromatic carbocycles. The molecule has 10 heavy (non-hydrogen) atoms. The molecule has 0 aliphatic carbocycles. The van der Waals surface area contributed by atoms with Crippen molar-refractivity contribution in [2.24, 2.45) is 0 Å². The number of anilines is 1. The Bertz CT molecular complexity index is 260. The van der Waals surface area contributed by atoms with E-state index in [0.29, 0.717) is 0 Å². The van der Waals surface area contributed by atoms with Crippen molar-refractivity contribution in [3.05, 3.63) is 34.4 Å². The van der Waals surface area contributed by atoms with E-state index in [0.717, 1.165) is 0 Å². The van der Waals surface area contributed by atoms with Gasteiger partial charge in [0.25, 0.3) is 5.69 Å². The largest absolute Gasteiger partial charge is 0.393 e. The zero-order valence-electron chi connectivity index (χ0n) is 5.07. The Balaban J connectivity index is 3.15.